The number of cyclic esters (lactones) is 2. The number of nitrogens with zero attached hydrogens (tertiary/aromatic N) is 1. The van der Waals surface area contributed by atoms with Crippen LogP contribution in [-0.4, -0.2) is 188 Å². The number of aliphatic hydroxyl groups excluding tert-OH is 2. The molecule has 1 aliphatic heterocycles. The van der Waals surface area contributed by atoms with E-state index in [0.29, 0.717) is 38.5 Å². The van der Waals surface area contributed by atoms with Gasteiger partial charge in [0.2, 0.25) is 4.69 Å². The molecule has 3 N–H and O–H groups in total. The standard InChI is InChI=1S/C34H58O12.C11H19BrO4.C11H18O4.C8H16O3.C7H14O.C6H15N.C3H4Br2O/c1-8-11-14-17-20-27(36)32(39)43-25(6)30(37)46-29(22-19-16-13-10-3)34(41)44-26(7)31(38)45-28(21-18-15-12-9-2)33(40)42-24(5)23(4)35;1-3-4-5-6-7-9(10(13)14)16-11(15)8(2)12;1-3-4-5-6-7-9-11(13)14-8(2)10(12)15-9;1-2-3-4-5-6-8(10)11-7-9;1-2-3-4-5-6-7-8;1-4-7(5-2)6-3;1-2(4)3(5)6/h24-29,36H,8-22H2,1-7H3;8-9H,3-7H2,1-2H3,(H,13,14);8-9H,3-7H2,1-2H3;7-8,10H,2-6H2,1H3;7H,2-6H2,1H3;4-6H2,1-3H3;2H,1H3. The highest BCUT2D eigenvalue weighted by Gasteiger charge is 2.36. The number of aldehydes is 1. The van der Waals surface area contributed by atoms with Crippen molar-refractivity contribution in [3.05, 3.63) is 0 Å². The fourth-order valence-electron chi connectivity index (χ4n) is 9.19. The van der Waals surface area contributed by atoms with E-state index in [-0.39, 0.29) is 41.0 Å². The number of halogens is 3. The third kappa shape index (κ3) is 71.8. The maximum atomic E-state index is 13.1. The molecular weight excluding hydrogens is 1610 g/mol. The number of ether oxygens (including phenoxy) is 9. The van der Waals surface area contributed by atoms with Crippen molar-refractivity contribution in [3.63, 3.8) is 0 Å². The maximum absolute atomic E-state index is 13.1. The second kappa shape index (κ2) is 79.7. The van der Waals surface area contributed by atoms with Crippen molar-refractivity contribution < 1.29 is 120 Å². The first-order valence-electron chi connectivity index (χ1n) is 40.1. The molecule has 1 fully saturated rings. The lowest BCUT2D eigenvalue weighted by Gasteiger charge is -2.25. The van der Waals surface area contributed by atoms with E-state index in [1.807, 2.05) is 20.8 Å². The van der Waals surface area contributed by atoms with Crippen molar-refractivity contribution in [3.8, 4) is 0 Å². The molecule has 12 atom stereocenters. The van der Waals surface area contributed by atoms with Crippen LogP contribution in [0.3, 0.4) is 0 Å². The summed E-state index contributed by atoms with van der Waals surface area (Å²) >= 11 is 8.84. The van der Waals surface area contributed by atoms with Crippen LogP contribution >= 0.6 is 47.8 Å². The van der Waals surface area contributed by atoms with Crippen molar-refractivity contribution in [1.29, 1.82) is 0 Å². The third-order valence-electron chi connectivity index (χ3n) is 16.4. The van der Waals surface area contributed by atoms with E-state index >= 15 is 0 Å². The fraction of sp³-hybridized carbons (Fsp3) is 0.838. The lowest BCUT2D eigenvalue weighted by molar-refractivity contribution is -0.193. The molecule has 26 nitrogen and oxygen atoms in total. The quantitative estimate of drug-likeness (QED) is 0.00968. The number of hydrogen-bond donors (Lipinski definition) is 3. The Kier molecular flexibility index (Phi) is 84.0. The monoisotopic (exact) mass is 1760 g/mol. The molecule has 0 saturated carbocycles. The molecule has 0 aromatic rings. The van der Waals surface area contributed by atoms with Gasteiger partial charge in [0.15, 0.2) is 67.0 Å². The summed E-state index contributed by atoms with van der Waals surface area (Å²) in [5, 5.41) is 27.8. The van der Waals surface area contributed by atoms with E-state index in [9.17, 15) is 67.4 Å². The molecule has 0 spiro atoms. The number of carboxylic acid groups (broad SMARTS) is 1. The van der Waals surface area contributed by atoms with E-state index in [1.165, 1.54) is 86.4 Å². The minimum atomic E-state index is -1.46. The number of aliphatic hydroxyl groups is 2. The molecule has 1 aliphatic rings. The number of aliphatic carboxylic acids is 1. The summed E-state index contributed by atoms with van der Waals surface area (Å²) in [5.41, 5.74) is 0. The molecule has 1 heterocycles. The molecule has 0 amide bonds. The molecule has 0 bridgehead atoms. The Morgan fingerprint density at radius 2 is 0.789 bits per heavy atom. The molecule has 0 aliphatic carbocycles. The predicted molar refractivity (Wildman–Crippen MR) is 431 cm³/mol. The second-order valence-electron chi connectivity index (χ2n) is 26.4. The summed E-state index contributed by atoms with van der Waals surface area (Å²) in [6.45, 7) is 35.1. The van der Waals surface area contributed by atoms with Gasteiger partial charge >= 0.3 is 53.7 Å². The number of rotatable bonds is 55. The highest BCUT2D eigenvalue weighted by atomic mass is 79.9. The van der Waals surface area contributed by atoms with Crippen LogP contribution in [0.5, 0.6) is 0 Å². The summed E-state index contributed by atoms with van der Waals surface area (Å²) < 4.78 is 45.2. The Morgan fingerprint density at radius 1 is 0.440 bits per heavy atom. The zero-order valence-corrected chi connectivity index (χ0v) is 74.1. The Labute approximate surface area is 678 Å². The van der Waals surface area contributed by atoms with Gasteiger partial charge in [-0.1, -0.05) is 242 Å². The number of carboxylic acids is 1. The lowest BCUT2D eigenvalue weighted by atomic mass is 10.1. The van der Waals surface area contributed by atoms with Gasteiger partial charge < -0.3 is 67.6 Å². The summed E-state index contributed by atoms with van der Waals surface area (Å²) in [4.78, 5) is 151. The van der Waals surface area contributed by atoms with Gasteiger partial charge in [-0.3, -0.25) is 19.2 Å². The Balaban J connectivity index is -0.000000338. The largest absolute Gasteiger partial charge is 0.479 e. The van der Waals surface area contributed by atoms with E-state index in [1.54, 1.807) is 13.8 Å². The van der Waals surface area contributed by atoms with Crippen LogP contribution in [0.4, 0.5) is 0 Å². The normalized spacial score (nSPS) is 15.3. The zero-order valence-electron chi connectivity index (χ0n) is 69.4. The summed E-state index contributed by atoms with van der Waals surface area (Å²) in [6.07, 6.45) is 19.6. The van der Waals surface area contributed by atoms with Gasteiger partial charge in [-0.25, -0.2) is 38.4 Å². The zero-order chi connectivity index (χ0) is 84.5. The fourth-order valence-corrected chi connectivity index (χ4v) is 9.30. The minimum absolute atomic E-state index is 0.0116. The summed E-state index contributed by atoms with van der Waals surface area (Å²) in [7, 11) is 0. The second-order valence-corrected chi connectivity index (χ2v) is 30.0. The highest BCUT2D eigenvalue weighted by molar-refractivity contribution is 9.20. The first-order valence-corrected chi connectivity index (χ1v) is 42.7. The van der Waals surface area contributed by atoms with E-state index in [4.69, 9.17) is 48.1 Å². The first kappa shape index (κ1) is 115. The maximum Gasteiger partial charge on any atom is 0.348 e. The van der Waals surface area contributed by atoms with Crippen molar-refractivity contribution in [2.45, 2.75) is 413 Å². The van der Waals surface area contributed by atoms with Gasteiger partial charge in [-0.2, -0.15) is 0 Å². The van der Waals surface area contributed by atoms with Crippen LogP contribution < -0.4 is 0 Å². The molecule has 12 unspecified atom stereocenters. The van der Waals surface area contributed by atoms with Crippen molar-refractivity contribution >= 4 is 125 Å². The molecule has 1 saturated heterocycles. The molecule has 0 radical (unpaired) electrons. The Bertz CT molecular complexity index is 2360. The van der Waals surface area contributed by atoms with E-state index in [0.717, 1.165) is 141 Å². The van der Waals surface area contributed by atoms with Gasteiger partial charge in [-0.15, -0.1) is 0 Å². The lowest BCUT2D eigenvalue weighted by Crippen LogP contribution is -2.42. The summed E-state index contributed by atoms with van der Waals surface area (Å²) in [6, 6.07) is 0. The molecule has 640 valence electrons. The van der Waals surface area contributed by atoms with Gasteiger partial charge in [-0.05, 0) is 155 Å². The van der Waals surface area contributed by atoms with Gasteiger partial charge in [0.1, 0.15) is 11.1 Å². The number of unbranched alkanes of at least 4 members (excludes halogenated alkanes) is 22. The Morgan fingerprint density at radius 3 is 1.13 bits per heavy atom. The molecule has 1 rings (SSSR count). The van der Waals surface area contributed by atoms with Gasteiger partial charge in [0, 0.05) is 12.8 Å². The average molecular weight is 1760 g/mol. The Hall–Kier alpha value is -4.97. The number of carbonyl (C=O) groups is 13. The van der Waals surface area contributed by atoms with Gasteiger partial charge in [0.05, 0.1) is 4.83 Å². The predicted octanol–water partition coefficient (Wildman–Crippen LogP) is 16.7. The van der Waals surface area contributed by atoms with Crippen molar-refractivity contribution in [2.75, 3.05) is 19.6 Å². The third-order valence-corrected chi connectivity index (χ3v) is 18.5. The number of carbonyl (C=O) groups excluding carboxylic acids is 12. The van der Waals surface area contributed by atoms with Gasteiger partial charge in [0.25, 0.3) is 6.47 Å². The summed E-state index contributed by atoms with van der Waals surface area (Å²) in [5.74, 6) is -7.65. The van der Waals surface area contributed by atoms with Crippen LogP contribution in [0, 0.1) is 0 Å². The van der Waals surface area contributed by atoms with E-state index < -0.39 is 120 Å². The van der Waals surface area contributed by atoms with Crippen LogP contribution in [0.2, 0.25) is 0 Å². The van der Waals surface area contributed by atoms with Crippen molar-refractivity contribution in [2.24, 2.45) is 0 Å². The number of hydrogen-bond acceptors (Lipinski definition) is 25. The number of esters is 8. The van der Waals surface area contributed by atoms with Crippen LogP contribution in [-0.2, 0) is 105 Å². The van der Waals surface area contributed by atoms with Crippen LogP contribution in [0.15, 0.2) is 0 Å². The van der Waals surface area contributed by atoms with Crippen LogP contribution in [0.1, 0.15) is 342 Å². The molecule has 29 heteroatoms. The first-order chi connectivity index (χ1) is 51.6. The van der Waals surface area contributed by atoms with Crippen LogP contribution in [0.25, 0.3) is 0 Å². The SMILES string of the molecule is CC(Br)C(=O)Br.CCCCCCC(O)C(=O)OC(C)C(=O)OC(CCCCCC)C(=O)OC(C)C(=O)OC(CCCCCC)C(=O)OC(C)C(C)=O.CCCCCCC(O)OC=O.CCCCCCC(OC(=O)C(C)Br)C(=O)O.CCCCCCC1OC(=O)C(C)OC1=O.CCCCCCC=O.CCN(CC)CC. The molecule has 109 heavy (non-hydrogen) atoms. The van der Waals surface area contributed by atoms with E-state index in [2.05, 4.69) is 106 Å². The van der Waals surface area contributed by atoms with Crippen molar-refractivity contribution in [1.82, 2.24) is 4.90 Å². The smallest absolute Gasteiger partial charge is 0.348 e. The number of alkyl halides is 2. The molecule has 0 aromatic carbocycles. The average Bonchev–Trinajstić information content (AvgIpc) is 0.864. The molecule has 0 aromatic heterocycles. The minimum Gasteiger partial charge on any atom is -0.479 e. The number of Topliss-reactive ketones (excluding diaryl/α,β-unsaturated/α-hetero) is 1. The number of ketones is 1. The molecular formula is C80H144Br3NO25. The highest BCUT2D eigenvalue weighted by Crippen LogP contribution is 2.20. The topological polar surface area (TPSA) is 369 Å².